The van der Waals surface area contributed by atoms with E-state index >= 15 is 0 Å². The Morgan fingerprint density at radius 3 is 2.57 bits per heavy atom. The fraction of sp³-hybridized carbons (Fsp3) is 0.250. The van der Waals surface area contributed by atoms with Crippen LogP contribution in [0.4, 0.5) is 0 Å². The number of nitrogens with one attached hydrogen (secondary N) is 2. The molecule has 0 amide bonds. The predicted molar refractivity (Wildman–Crippen MR) is 95.9 cm³/mol. The Hall–Kier alpha value is -2.39. The van der Waals surface area contributed by atoms with E-state index < -0.39 is 0 Å². The topological polar surface area (TPSA) is 44.9 Å². The molecule has 0 atom stereocenters. The highest BCUT2D eigenvalue weighted by Gasteiger charge is 2.04. The van der Waals surface area contributed by atoms with Crippen molar-refractivity contribution in [2.45, 2.75) is 26.8 Å². The molecule has 0 saturated carbocycles. The van der Waals surface area contributed by atoms with Crippen LogP contribution in [-0.4, -0.2) is 11.5 Å². The summed E-state index contributed by atoms with van der Waals surface area (Å²) >= 11 is 0. The van der Waals surface area contributed by atoms with Gasteiger partial charge in [-0.05, 0) is 55.0 Å². The Morgan fingerprint density at radius 2 is 1.74 bits per heavy atom. The van der Waals surface area contributed by atoms with Crippen LogP contribution in [0.2, 0.25) is 0 Å². The van der Waals surface area contributed by atoms with Crippen LogP contribution in [0.15, 0.2) is 53.3 Å². The van der Waals surface area contributed by atoms with Gasteiger partial charge in [0, 0.05) is 12.1 Å². The van der Waals surface area contributed by atoms with E-state index in [-0.39, 0.29) is 5.56 Å². The number of para-hydroxylation sites is 1. The van der Waals surface area contributed by atoms with Gasteiger partial charge in [-0.2, -0.15) is 0 Å². The van der Waals surface area contributed by atoms with E-state index in [1.165, 1.54) is 11.1 Å². The predicted octanol–water partition coefficient (Wildman–Crippen LogP) is 3.48. The molecule has 3 aromatic rings. The van der Waals surface area contributed by atoms with Crippen molar-refractivity contribution in [2.75, 3.05) is 6.54 Å². The van der Waals surface area contributed by atoms with Crippen LogP contribution in [-0.2, 0) is 13.0 Å². The van der Waals surface area contributed by atoms with Crippen molar-refractivity contribution in [3.05, 3.63) is 81.1 Å². The number of hydrogen-bond acceptors (Lipinski definition) is 2. The summed E-state index contributed by atoms with van der Waals surface area (Å²) in [5.41, 5.74) is 5.47. The second-order valence-corrected chi connectivity index (χ2v) is 6.02. The van der Waals surface area contributed by atoms with Gasteiger partial charge in [0.1, 0.15) is 0 Å². The van der Waals surface area contributed by atoms with Gasteiger partial charge < -0.3 is 10.3 Å². The summed E-state index contributed by atoms with van der Waals surface area (Å²) in [5, 5.41) is 4.46. The molecule has 0 aliphatic carbocycles. The highest BCUT2D eigenvalue weighted by molar-refractivity contribution is 5.81. The van der Waals surface area contributed by atoms with Crippen molar-refractivity contribution in [1.29, 1.82) is 0 Å². The standard InChI is InChI=1S/C20H22N2O/c1-14-6-3-4-8-16(14)10-11-21-13-18-12-17-9-5-7-15(2)19(17)22-20(18)23/h3-9,12,21H,10-11,13H2,1-2H3,(H,22,23). The molecule has 3 rings (SSSR count). The van der Waals surface area contributed by atoms with Crippen LogP contribution in [0.25, 0.3) is 10.9 Å². The molecule has 0 bridgehead atoms. The van der Waals surface area contributed by atoms with E-state index in [1.54, 1.807) is 0 Å². The summed E-state index contributed by atoms with van der Waals surface area (Å²) in [7, 11) is 0. The van der Waals surface area contributed by atoms with Crippen molar-refractivity contribution >= 4 is 10.9 Å². The first-order valence-corrected chi connectivity index (χ1v) is 8.02. The van der Waals surface area contributed by atoms with Gasteiger partial charge in [0.25, 0.3) is 5.56 Å². The van der Waals surface area contributed by atoms with Crippen LogP contribution < -0.4 is 10.9 Å². The third kappa shape index (κ3) is 3.51. The first kappa shape index (κ1) is 15.5. The summed E-state index contributed by atoms with van der Waals surface area (Å²) in [6.07, 6.45) is 0.970. The van der Waals surface area contributed by atoms with Gasteiger partial charge in [-0.1, -0.05) is 42.5 Å². The van der Waals surface area contributed by atoms with Gasteiger partial charge in [0.05, 0.1) is 5.52 Å². The Labute approximate surface area is 136 Å². The summed E-state index contributed by atoms with van der Waals surface area (Å²) in [6.45, 7) is 5.59. The van der Waals surface area contributed by atoms with E-state index in [0.29, 0.717) is 6.54 Å². The number of pyridine rings is 1. The van der Waals surface area contributed by atoms with Crippen molar-refractivity contribution in [2.24, 2.45) is 0 Å². The zero-order chi connectivity index (χ0) is 16.2. The lowest BCUT2D eigenvalue weighted by atomic mass is 10.1. The minimum absolute atomic E-state index is 0.00445. The fourth-order valence-electron chi connectivity index (χ4n) is 2.90. The molecular weight excluding hydrogens is 284 g/mol. The molecule has 0 radical (unpaired) electrons. The number of benzene rings is 2. The first-order chi connectivity index (χ1) is 11.1. The number of aromatic nitrogens is 1. The lowest BCUT2D eigenvalue weighted by Crippen LogP contribution is -2.23. The number of H-pyrrole nitrogens is 1. The summed E-state index contributed by atoms with van der Waals surface area (Å²) < 4.78 is 0. The van der Waals surface area contributed by atoms with Crippen LogP contribution in [0, 0.1) is 13.8 Å². The maximum atomic E-state index is 12.2. The Kier molecular flexibility index (Phi) is 4.58. The minimum atomic E-state index is -0.00445. The van der Waals surface area contributed by atoms with Gasteiger partial charge in [0.2, 0.25) is 0 Å². The van der Waals surface area contributed by atoms with Gasteiger partial charge in [-0.3, -0.25) is 4.79 Å². The lowest BCUT2D eigenvalue weighted by molar-refractivity contribution is 0.681. The number of fused-ring (bicyclic) bond motifs is 1. The van der Waals surface area contributed by atoms with Crippen molar-refractivity contribution in [1.82, 2.24) is 10.3 Å². The maximum absolute atomic E-state index is 12.2. The summed E-state index contributed by atoms with van der Waals surface area (Å²) in [6, 6.07) is 16.5. The molecule has 0 unspecified atom stereocenters. The molecule has 0 aliphatic rings. The first-order valence-electron chi connectivity index (χ1n) is 8.02. The fourth-order valence-corrected chi connectivity index (χ4v) is 2.90. The lowest BCUT2D eigenvalue weighted by Gasteiger charge is -2.08. The van der Waals surface area contributed by atoms with Crippen LogP contribution in [0.5, 0.6) is 0 Å². The van der Waals surface area contributed by atoms with Crippen molar-refractivity contribution < 1.29 is 0 Å². The van der Waals surface area contributed by atoms with Crippen LogP contribution in [0.1, 0.15) is 22.3 Å². The zero-order valence-electron chi connectivity index (χ0n) is 13.6. The minimum Gasteiger partial charge on any atom is -0.321 e. The number of hydrogen-bond donors (Lipinski definition) is 2. The smallest absolute Gasteiger partial charge is 0.252 e. The van der Waals surface area contributed by atoms with E-state index in [4.69, 9.17) is 0 Å². The Morgan fingerprint density at radius 1 is 0.957 bits per heavy atom. The number of rotatable bonds is 5. The van der Waals surface area contributed by atoms with Crippen LogP contribution >= 0.6 is 0 Å². The average Bonchev–Trinajstić information content (AvgIpc) is 2.54. The number of aromatic amines is 1. The molecule has 118 valence electrons. The normalized spacial score (nSPS) is 11.0. The largest absolute Gasteiger partial charge is 0.321 e. The van der Waals surface area contributed by atoms with Gasteiger partial charge in [-0.15, -0.1) is 0 Å². The molecule has 3 heteroatoms. The molecule has 0 fully saturated rings. The summed E-state index contributed by atoms with van der Waals surface area (Å²) in [5.74, 6) is 0. The quantitative estimate of drug-likeness (QED) is 0.709. The van der Waals surface area contributed by atoms with Crippen molar-refractivity contribution in [3.63, 3.8) is 0 Å². The Bertz CT molecular complexity index is 880. The summed E-state index contributed by atoms with van der Waals surface area (Å²) in [4.78, 5) is 15.2. The molecule has 2 N–H and O–H groups in total. The van der Waals surface area contributed by atoms with Gasteiger partial charge in [0.15, 0.2) is 0 Å². The SMILES string of the molecule is Cc1ccccc1CCNCc1cc2cccc(C)c2[nH]c1=O. The monoisotopic (exact) mass is 306 g/mol. The van der Waals surface area contributed by atoms with E-state index in [9.17, 15) is 4.79 Å². The molecule has 23 heavy (non-hydrogen) atoms. The molecule has 1 aromatic heterocycles. The molecular formula is C20H22N2O. The maximum Gasteiger partial charge on any atom is 0.252 e. The molecule has 2 aromatic carbocycles. The van der Waals surface area contributed by atoms with Crippen LogP contribution in [0.3, 0.4) is 0 Å². The van der Waals surface area contributed by atoms with Gasteiger partial charge >= 0.3 is 0 Å². The zero-order valence-corrected chi connectivity index (χ0v) is 13.6. The second kappa shape index (κ2) is 6.80. The molecule has 0 saturated heterocycles. The third-order valence-corrected chi connectivity index (χ3v) is 4.31. The van der Waals surface area contributed by atoms with E-state index in [2.05, 4.69) is 41.5 Å². The van der Waals surface area contributed by atoms with Crippen molar-refractivity contribution in [3.8, 4) is 0 Å². The third-order valence-electron chi connectivity index (χ3n) is 4.31. The highest BCUT2D eigenvalue weighted by Crippen LogP contribution is 2.15. The molecule has 3 nitrogen and oxygen atoms in total. The van der Waals surface area contributed by atoms with E-state index in [1.807, 2.05) is 31.2 Å². The van der Waals surface area contributed by atoms with Gasteiger partial charge in [-0.25, -0.2) is 0 Å². The molecule has 1 heterocycles. The Balaban J connectivity index is 1.67. The van der Waals surface area contributed by atoms with E-state index in [0.717, 1.165) is 35.0 Å². The number of aryl methyl sites for hydroxylation is 2. The highest BCUT2D eigenvalue weighted by atomic mass is 16.1. The molecule has 0 aliphatic heterocycles. The average molecular weight is 306 g/mol. The molecule has 0 spiro atoms. The second-order valence-electron chi connectivity index (χ2n) is 6.02.